The van der Waals surface area contributed by atoms with Crippen molar-refractivity contribution in [2.75, 3.05) is 23.3 Å². The summed E-state index contributed by atoms with van der Waals surface area (Å²) in [6.07, 6.45) is 3.29. The van der Waals surface area contributed by atoms with Gasteiger partial charge in [0.25, 0.3) is 17.5 Å². The number of nitro groups is 1. The number of nitrogens with zero attached hydrogens (tertiary/aromatic N) is 2. The topological polar surface area (TPSA) is 105 Å². The second kappa shape index (κ2) is 10.8. The maximum atomic E-state index is 13.4. The maximum Gasteiger partial charge on any atom is 0.270 e. The van der Waals surface area contributed by atoms with Crippen LogP contribution in [0.25, 0.3) is 0 Å². The van der Waals surface area contributed by atoms with Gasteiger partial charge in [-0.25, -0.2) is 0 Å². The number of carbonyl (C=O) groups is 2. The second-order valence-electron chi connectivity index (χ2n) is 8.65. The van der Waals surface area contributed by atoms with Crippen molar-refractivity contribution < 1.29 is 14.5 Å². The second-order valence-corrected chi connectivity index (χ2v) is 8.65. The summed E-state index contributed by atoms with van der Waals surface area (Å²) >= 11 is 0. The van der Waals surface area contributed by atoms with Gasteiger partial charge in [-0.15, -0.1) is 0 Å². The van der Waals surface area contributed by atoms with Crippen LogP contribution in [0.3, 0.4) is 0 Å². The number of benzene rings is 3. The number of hydrogen-bond donors (Lipinski definition) is 2. The molecule has 0 saturated carbocycles. The van der Waals surface area contributed by atoms with E-state index in [1.165, 1.54) is 30.7 Å². The number of carbonyl (C=O) groups excluding carboxylic acids is 2. The van der Waals surface area contributed by atoms with E-state index in [1.807, 2.05) is 43.3 Å². The number of anilines is 2. The molecule has 1 heterocycles. The summed E-state index contributed by atoms with van der Waals surface area (Å²) in [6.45, 7) is 3.67. The van der Waals surface area contributed by atoms with Gasteiger partial charge >= 0.3 is 0 Å². The van der Waals surface area contributed by atoms with E-state index in [1.54, 1.807) is 12.1 Å². The third kappa shape index (κ3) is 5.84. The molecule has 1 atom stereocenters. The zero-order chi connectivity index (χ0) is 24.8. The van der Waals surface area contributed by atoms with Crippen molar-refractivity contribution in [2.24, 2.45) is 0 Å². The molecule has 0 aromatic heterocycles. The molecule has 1 aliphatic heterocycles. The minimum atomic E-state index is -0.541. The smallest absolute Gasteiger partial charge is 0.270 e. The van der Waals surface area contributed by atoms with Crippen molar-refractivity contribution in [2.45, 2.75) is 32.2 Å². The Morgan fingerprint density at radius 1 is 0.914 bits per heavy atom. The first-order valence-electron chi connectivity index (χ1n) is 11.7. The van der Waals surface area contributed by atoms with Crippen LogP contribution < -0.4 is 15.5 Å². The third-order valence-electron chi connectivity index (χ3n) is 6.16. The molecule has 1 saturated heterocycles. The average Bonchev–Trinajstić information content (AvgIpc) is 2.89. The molecule has 2 amide bonds. The minimum absolute atomic E-state index is 0.159. The van der Waals surface area contributed by atoms with Crippen LogP contribution in [-0.2, 0) is 0 Å². The average molecular weight is 473 g/mol. The lowest BCUT2D eigenvalue weighted by atomic mass is 10.0. The highest BCUT2D eigenvalue weighted by Gasteiger charge is 2.21. The van der Waals surface area contributed by atoms with E-state index in [4.69, 9.17) is 0 Å². The van der Waals surface area contributed by atoms with Gasteiger partial charge in [0.05, 0.1) is 16.5 Å². The van der Waals surface area contributed by atoms with E-state index in [-0.39, 0.29) is 23.2 Å². The van der Waals surface area contributed by atoms with Crippen LogP contribution in [0.5, 0.6) is 0 Å². The number of amides is 2. The van der Waals surface area contributed by atoms with Crippen molar-refractivity contribution in [3.05, 3.63) is 99.6 Å². The van der Waals surface area contributed by atoms with Crippen LogP contribution in [0.15, 0.2) is 72.8 Å². The number of nitro benzene ring substituents is 1. The molecule has 35 heavy (non-hydrogen) atoms. The molecule has 1 aliphatic rings. The van der Waals surface area contributed by atoms with Crippen LogP contribution in [-0.4, -0.2) is 29.8 Å². The molecule has 1 fully saturated rings. The fourth-order valence-corrected chi connectivity index (χ4v) is 4.27. The molecule has 3 aromatic carbocycles. The highest BCUT2D eigenvalue weighted by Crippen LogP contribution is 2.28. The van der Waals surface area contributed by atoms with Gasteiger partial charge in [0, 0.05) is 42.2 Å². The first kappa shape index (κ1) is 23.9. The molecule has 2 N–H and O–H groups in total. The number of rotatable bonds is 7. The number of non-ortho nitro benzene ring substituents is 1. The van der Waals surface area contributed by atoms with Gasteiger partial charge in [0.2, 0.25) is 0 Å². The van der Waals surface area contributed by atoms with E-state index in [0.717, 1.165) is 37.2 Å². The van der Waals surface area contributed by atoms with Gasteiger partial charge in [-0.2, -0.15) is 0 Å². The summed E-state index contributed by atoms with van der Waals surface area (Å²) in [5.74, 6) is -0.711. The molecule has 0 radical (unpaired) electrons. The highest BCUT2D eigenvalue weighted by atomic mass is 16.6. The normalized spacial score (nSPS) is 14.1. The van der Waals surface area contributed by atoms with Gasteiger partial charge in [-0.1, -0.05) is 36.4 Å². The van der Waals surface area contributed by atoms with Crippen molar-refractivity contribution in [3.8, 4) is 0 Å². The predicted molar refractivity (Wildman–Crippen MR) is 136 cm³/mol. The van der Waals surface area contributed by atoms with Crippen molar-refractivity contribution in [1.29, 1.82) is 0 Å². The lowest BCUT2D eigenvalue weighted by Crippen LogP contribution is -2.33. The molecule has 0 aliphatic carbocycles. The Hall–Kier alpha value is -4.20. The monoisotopic (exact) mass is 472 g/mol. The Morgan fingerprint density at radius 2 is 1.66 bits per heavy atom. The first-order valence-corrected chi connectivity index (χ1v) is 11.7. The Kier molecular flexibility index (Phi) is 7.40. The van der Waals surface area contributed by atoms with Crippen molar-refractivity contribution in [3.63, 3.8) is 0 Å². The Labute approximate surface area is 204 Å². The molecule has 8 heteroatoms. The lowest BCUT2D eigenvalue weighted by Gasteiger charge is -2.31. The Balaban J connectivity index is 1.60. The summed E-state index contributed by atoms with van der Waals surface area (Å²) < 4.78 is 0. The van der Waals surface area contributed by atoms with Crippen LogP contribution in [0.2, 0.25) is 0 Å². The van der Waals surface area contributed by atoms with Crippen molar-refractivity contribution in [1.82, 2.24) is 5.32 Å². The molecule has 3 aromatic rings. The quantitative estimate of drug-likeness (QED) is 0.357. The molecule has 8 nitrogen and oxygen atoms in total. The van der Waals surface area contributed by atoms with E-state index >= 15 is 0 Å². The van der Waals surface area contributed by atoms with Crippen LogP contribution in [0.1, 0.15) is 58.5 Å². The largest absolute Gasteiger partial charge is 0.371 e. The fraction of sp³-hybridized carbons (Fsp3) is 0.259. The summed E-state index contributed by atoms with van der Waals surface area (Å²) in [6, 6.07) is 20.4. The van der Waals surface area contributed by atoms with Crippen LogP contribution in [0, 0.1) is 10.1 Å². The number of nitrogens with one attached hydrogen (secondary N) is 2. The first-order chi connectivity index (χ1) is 16.9. The van der Waals surface area contributed by atoms with E-state index in [2.05, 4.69) is 15.5 Å². The molecule has 0 bridgehead atoms. The molecule has 180 valence electrons. The third-order valence-corrected chi connectivity index (χ3v) is 6.16. The van der Waals surface area contributed by atoms with Gasteiger partial charge in [-0.3, -0.25) is 19.7 Å². The van der Waals surface area contributed by atoms with E-state index in [9.17, 15) is 19.7 Å². The maximum absolute atomic E-state index is 13.4. The minimum Gasteiger partial charge on any atom is -0.371 e. The summed E-state index contributed by atoms with van der Waals surface area (Å²) in [5, 5.41) is 16.9. The molecule has 0 spiro atoms. The van der Waals surface area contributed by atoms with Crippen LogP contribution in [0.4, 0.5) is 17.1 Å². The number of hydrogen-bond acceptors (Lipinski definition) is 5. The van der Waals surface area contributed by atoms with Crippen molar-refractivity contribution >= 4 is 28.9 Å². The molecular weight excluding hydrogens is 444 g/mol. The highest BCUT2D eigenvalue weighted by molar-refractivity contribution is 6.06. The van der Waals surface area contributed by atoms with Gasteiger partial charge in [0.1, 0.15) is 0 Å². The van der Waals surface area contributed by atoms with E-state index in [0.29, 0.717) is 11.3 Å². The van der Waals surface area contributed by atoms with Crippen LogP contribution >= 0.6 is 0 Å². The molecule has 4 rings (SSSR count). The van der Waals surface area contributed by atoms with Gasteiger partial charge < -0.3 is 15.5 Å². The fourth-order valence-electron chi connectivity index (χ4n) is 4.27. The molecule has 1 unspecified atom stereocenters. The Bertz CT molecular complexity index is 1220. The zero-order valence-corrected chi connectivity index (χ0v) is 19.6. The standard InChI is InChI=1S/C27H28N4O4/c1-19(20-9-4-2-5-10-20)28-27(33)24-18-22(13-14-25(24)30-15-6-3-7-16-30)29-26(32)21-11-8-12-23(17-21)31(34)35/h2,4-5,8-14,17-19H,3,6-7,15-16H2,1H3,(H,28,33)(H,29,32). The Morgan fingerprint density at radius 3 is 2.37 bits per heavy atom. The summed E-state index contributed by atoms with van der Waals surface area (Å²) in [7, 11) is 0. The summed E-state index contributed by atoms with van der Waals surface area (Å²) in [5.41, 5.74) is 2.76. The van der Waals surface area contributed by atoms with Gasteiger partial charge in [-0.05, 0) is 56.0 Å². The SMILES string of the molecule is CC(NC(=O)c1cc(NC(=O)c2cccc([N+](=O)[O-])c2)ccc1N1CCCCC1)c1ccccc1. The number of piperidine rings is 1. The lowest BCUT2D eigenvalue weighted by molar-refractivity contribution is -0.384. The zero-order valence-electron chi connectivity index (χ0n) is 19.6. The van der Waals surface area contributed by atoms with E-state index < -0.39 is 10.8 Å². The summed E-state index contributed by atoms with van der Waals surface area (Å²) in [4.78, 5) is 38.9. The molecular formula is C27H28N4O4. The van der Waals surface area contributed by atoms with Gasteiger partial charge in [0.15, 0.2) is 0 Å². The predicted octanol–water partition coefficient (Wildman–Crippen LogP) is 5.33.